The number of aliphatic hydroxyl groups is 2. The third-order valence-corrected chi connectivity index (χ3v) is 14.5. The van der Waals surface area contributed by atoms with Gasteiger partial charge in [0.25, 0.3) is 0 Å². The van der Waals surface area contributed by atoms with Crippen molar-refractivity contribution in [3.8, 4) is 0 Å². The number of carbonyl (C=O) groups excluding carboxylic acids is 3. The molecule has 1 aliphatic heterocycles. The monoisotopic (exact) mass is 1140 g/mol. The van der Waals surface area contributed by atoms with Crippen molar-refractivity contribution in [3.05, 3.63) is 85.1 Å². The zero-order valence-electron chi connectivity index (χ0n) is 51.3. The van der Waals surface area contributed by atoms with E-state index in [4.69, 9.17) is 23.7 Å². The van der Waals surface area contributed by atoms with Crippen LogP contribution in [0.1, 0.15) is 278 Å². The molecule has 1 saturated heterocycles. The Morgan fingerprint density at radius 1 is 0.420 bits per heavy atom. The number of rotatable bonds is 55. The number of unbranched alkanes of at least 4 members (excludes halogenated alkanes) is 27. The Hall–Kier alpha value is -4.10. The molecule has 3 N–H and O–H groups in total. The molecule has 1 heterocycles. The molecule has 0 aromatic carbocycles. The van der Waals surface area contributed by atoms with E-state index in [1.54, 1.807) is 0 Å². The molecule has 0 spiro atoms. The number of hydrogen-bond acceptors (Lipinski definition) is 11. The summed E-state index contributed by atoms with van der Waals surface area (Å²) in [7, 11) is 0. The maximum atomic E-state index is 13.2. The molecule has 81 heavy (non-hydrogen) atoms. The zero-order valence-corrected chi connectivity index (χ0v) is 51.3. The summed E-state index contributed by atoms with van der Waals surface area (Å²) in [5, 5.41) is 31.6. The van der Waals surface area contributed by atoms with Crippen molar-refractivity contribution in [2.24, 2.45) is 0 Å². The van der Waals surface area contributed by atoms with Gasteiger partial charge in [-0.3, -0.25) is 14.4 Å². The van der Waals surface area contributed by atoms with Gasteiger partial charge in [0.05, 0.1) is 6.61 Å². The molecule has 0 bridgehead atoms. The zero-order chi connectivity index (χ0) is 58.9. The normalized spacial score (nSPS) is 18.3. The Kier molecular flexibility index (Phi) is 52.1. The lowest BCUT2D eigenvalue weighted by Gasteiger charge is -2.40. The molecule has 0 amide bonds. The number of aliphatic hydroxyl groups excluding tert-OH is 2. The fourth-order valence-electron chi connectivity index (χ4n) is 9.48. The van der Waals surface area contributed by atoms with Crippen molar-refractivity contribution < 1.29 is 58.2 Å². The summed E-state index contributed by atoms with van der Waals surface area (Å²) in [5.74, 6) is -3.18. The number of carboxylic acid groups (broad SMARTS) is 1. The van der Waals surface area contributed by atoms with E-state index in [9.17, 15) is 34.5 Å². The number of allylic oxidation sites excluding steroid dienone is 14. The predicted octanol–water partition coefficient (Wildman–Crippen LogP) is 17.5. The van der Waals surface area contributed by atoms with E-state index in [0.717, 1.165) is 109 Å². The van der Waals surface area contributed by atoms with Crippen LogP contribution in [-0.4, -0.2) is 89.2 Å². The van der Waals surface area contributed by atoms with Gasteiger partial charge in [-0.25, -0.2) is 4.79 Å². The molecule has 12 nitrogen and oxygen atoms in total. The molecular weight excluding hydrogens is 1020 g/mol. The van der Waals surface area contributed by atoms with E-state index >= 15 is 0 Å². The maximum absolute atomic E-state index is 13.2. The molecule has 1 aliphatic rings. The second kappa shape index (κ2) is 56.4. The average Bonchev–Trinajstić information content (AvgIpc) is 3.52. The van der Waals surface area contributed by atoms with Crippen LogP contribution in [0.25, 0.3) is 0 Å². The van der Waals surface area contributed by atoms with E-state index in [2.05, 4.69) is 106 Å². The Labute approximate surface area is 492 Å². The Balaban J connectivity index is 2.68. The van der Waals surface area contributed by atoms with Gasteiger partial charge in [0.2, 0.25) is 0 Å². The summed E-state index contributed by atoms with van der Waals surface area (Å²) in [5.41, 5.74) is 0. The van der Waals surface area contributed by atoms with Crippen molar-refractivity contribution in [1.82, 2.24) is 0 Å². The van der Waals surface area contributed by atoms with Crippen LogP contribution in [0, 0.1) is 0 Å². The lowest BCUT2D eigenvalue weighted by atomic mass is 9.98. The maximum Gasteiger partial charge on any atom is 0.335 e. The largest absolute Gasteiger partial charge is 0.479 e. The number of carboxylic acids is 1. The molecule has 0 aromatic heterocycles. The lowest BCUT2D eigenvalue weighted by Crippen LogP contribution is -2.61. The first kappa shape index (κ1) is 74.9. The molecule has 1 fully saturated rings. The van der Waals surface area contributed by atoms with Gasteiger partial charge in [0, 0.05) is 19.3 Å². The summed E-state index contributed by atoms with van der Waals surface area (Å²) in [6.07, 6.45) is 61.1. The minimum absolute atomic E-state index is 0.0389. The second-order valence-corrected chi connectivity index (χ2v) is 22.0. The van der Waals surface area contributed by atoms with Gasteiger partial charge in [0.1, 0.15) is 18.8 Å². The van der Waals surface area contributed by atoms with Gasteiger partial charge in [-0.15, -0.1) is 0 Å². The van der Waals surface area contributed by atoms with Crippen LogP contribution in [0.15, 0.2) is 85.1 Å². The first-order valence-corrected chi connectivity index (χ1v) is 32.6. The van der Waals surface area contributed by atoms with E-state index in [0.29, 0.717) is 19.3 Å². The van der Waals surface area contributed by atoms with Crippen molar-refractivity contribution >= 4 is 23.9 Å². The lowest BCUT2D eigenvalue weighted by molar-refractivity contribution is -0.301. The minimum atomic E-state index is -1.92. The first-order valence-electron chi connectivity index (χ1n) is 32.6. The van der Waals surface area contributed by atoms with E-state index in [1.807, 2.05) is 0 Å². The van der Waals surface area contributed by atoms with E-state index in [-0.39, 0.29) is 25.9 Å². The molecule has 6 atom stereocenters. The van der Waals surface area contributed by atoms with Crippen molar-refractivity contribution in [2.75, 3.05) is 13.2 Å². The third kappa shape index (κ3) is 46.0. The molecule has 0 aromatic rings. The molecule has 464 valence electrons. The van der Waals surface area contributed by atoms with Crippen molar-refractivity contribution in [3.63, 3.8) is 0 Å². The third-order valence-electron chi connectivity index (χ3n) is 14.5. The predicted molar refractivity (Wildman–Crippen MR) is 331 cm³/mol. The van der Waals surface area contributed by atoms with Crippen molar-refractivity contribution in [2.45, 2.75) is 314 Å². The Morgan fingerprint density at radius 2 is 0.778 bits per heavy atom. The molecule has 6 unspecified atom stereocenters. The standard InChI is InChI=1S/C69H116O12/c1-4-7-10-13-16-19-22-25-28-30-31-33-36-39-42-45-48-51-54-57-63(72)80-67-65(74)64(73)66(68(75)76)81-69(67)78-59-60(79-62(71)56-53-50-47-44-41-38-34-27-24-21-18-15-12-9-6-3)58-77-61(70)55-52-49-46-43-40-37-35-32-29-26-23-20-17-14-11-8-5-2/h9,12,16,18-19,21,25,27-28,31,33-34,41,44,60,64-67,69,73-74H,4-8,10-11,13-15,17,20,22-24,26,29-30,32,35-40,42-43,45-59H2,1-3H3,(H,75,76)/b12-9-,19-16-,21-18-,28-25-,33-31-,34-27-,44-41-. The topological polar surface area (TPSA) is 175 Å². The van der Waals surface area contributed by atoms with Crippen LogP contribution in [0.5, 0.6) is 0 Å². The highest BCUT2D eigenvalue weighted by Crippen LogP contribution is 2.27. The van der Waals surface area contributed by atoms with Gasteiger partial charge in [-0.1, -0.05) is 247 Å². The summed E-state index contributed by atoms with van der Waals surface area (Å²) in [6.45, 7) is 5.84. The molecule has 0 radical (unpaired) electrons. The fourth-order valence-corrected chi connectivity index (χ4v) is 9.48. The number of ether oxygens (including phenoxy) is 5. The highest BCUT2D eigenvalue weighted by Gasteiger charge is 2.50. The second-order valence-electron chi connectivity index (χ2n) is 22.0. The molecule has 0 aliphatic carbocycles. The summed E-state index contributed by atoms with van der Waals surface area (Å²) in [6, 6.07) is 0. The highest BCUT2D eigenvalue weighted by molar-refractivity contribution is 5.74. The number of aliphatic carboxylic acids is 1. The first-order chi connectivity index (χ1) is 39.6. The molecular formula is C69H116O12. The summed E-state index contributed by atoms with van der Waals surface area (Å²) in [4.78, 5) is 51.3. The minimum Gasteiger partial charge on any atom is -0.479 e. The number of esters is 3. The van der Waals surface area contributed by atoms with Crippen LogP contribution in [0.3, 0.4) is 0 Å². The van der Waals surface area contributed by atoms with Gasteiger partial charge in [-0.2, -0.15) is 0 Å². The molecule has 1 rings (SSSR count). The van der Waals surface area contributed by atoms with E-state index in [1.165, 1.54) is 109 Å². The number of carbonyl (C=O) groups is 4. The van der Waals surface area contributed by atoms with Crippen molar-refractivity contribution in [1.29, 1.82) is 0 Å². The van der Waals surface area contributed by atoms with E-state index < -0.39 is 67.3 Å². The van der Waals surface area contributed by atoms with Crippen LogP contribution in [0.2, 0.25) is 0 Å². The Morgan fingerprint density at radius 3 is 1.23 bits per heavy atom. The highest BCUT2D eigenvalue weighted by atomic mass is 16.7. The fraction of sp³-hybridized carbons (Fsp3) is 0.739. The van der Waals surface area contributed by atoms with Gasteiger partial charge >= 0.3 is 23.9 Å². The van der Waals surface area contributed by atoms with Gasteiger partial charge < -0.3 is 39.0 Å². The average molecular weight is 1140 g/mol. The van der Waals surface area contributed by atoms with Crippen LogP contribution >= 0.6 is 0 Å². The van der Waals surface area contributed by atoms with Gasteiger partial charge in [-0.05, 0) is 96.3 Å². The van der Waals surface area contributed by atoms with Gasteiger partial charge in [0.15, 0.2) is 24.6 Å². The Bertz CT molecular complexity index is 1730. The SMILES string of the molecule is CC/C=C\C/C=C\C/C=C\C/C=C\CCCCC(=O)OC(COC(=O)CCCCCCCCCCCCCCCCCCC)COC1OC(C(=O)O)C(O)C(O)C1OC(=O)CCCCCCCC/C=C\C/C=C\C/C=C\CCCCC. The number of hydrogen-bond donors (Lipinski definition) is 3. The molecule has 12 heteroatoms. The van der Waals surface area contributed by atoms with Crippen LogP contribution in [-0.2, 0) is 42.9 Å². The van der Waals surface area contributed by atoms with Crippen LogP contribution < -0.4 is 0 Å². The van der Waals surface area contributed by atoms with Crippen LogP contribution in [0.4, 0.5) is 0 Å². The summed E-state index contributed by atoms with van der Waals surface area (Å²) >= 11 is 0. The smallest absolute Gasteiger partial charge is 0.335 e. The molecule has 0 saturated carbocycles. The summed E-state index contributed by atoms with van der Waals surface area (Å²) < 4.78 is 28.5. The quantitative estimate of drug-likeness (QED) is 0.0228.